The number of carbonyl (C=O) groups is 1. The van der Waals surface area contributed by atoms with E-state index in [1.54, 1.807) is 12.1 Å². The smallest absolute Gasteiger partial charge is 0.234 e. The zero-order valence-corrected chi connectivity index (χ0v) is 16.2. The number of anilines is 1. The Labute approximate surface area is 165 Å². The van der Waals surface area contributed by atoms with Crippen LogP contribution in [0.25, 0.3) is 0 Å². The van der Waals surface area contributed by atoms with E-state index in [0.717, 1.165) is 18.7 Å². The maximum absolute atomic E-state index is 12.3. The number of nitrogens with one attached hydrogen (secondary N) is 1. The number of carbonyl (C=O) groups excluding carboxylic acids is 1. The topological polar surface area (TPSA) is 104 Å². The van der Waals surface area contributed by atoms with Crippen molar-refractivity contribution in [1.29, 1.82) is 0 Å². The van der Waals surface area contributed by atoms with Gasteiger partial charge < -0.3 is 20.6 Å². The van der Waals surface area contributed by atoms with Gasteiger partial charge in [0.05, 0.1) is 16.5 Å². The summed E-state index contributed by atoms with van der Waals surface area (Å²) in [6, 6.07) is 3.28. The van der Waals surface area contributed by atoms with Gasteiger partial charge in [-0.05, 0) is 12.8 Å². The number of hydrogen-bond donors (Lipinski definition) is 2. The van der Waals surface area contributed by atoms with Crippen molar-refractivity contribution in [2.75, 3.05) is 23.7 Å². The number of nitrogens with two attached hydrogens (primary N) is 1. The molecule has 1 aliphatic heterocycles. The molecular weight excluding hydrogens is 390 g/mol. The highest BCUT2D eigenvalue weighted by Crippen LogP contribution is 2.39. The lowest BCUT2D eigenvalue weighted by atomic mass is 9.89. The molecule has 0 bridgehead atoms. The first kappa shape index (κ1) is 18.2. The first-order valence-electron chi connectivity index (χ1n) is 8.84. The lowest BCUT2D eigenvalue weighted by molar-refractivity contribution is -0.113. The van der Waals surface area contributed by atoms with Gasteiger partial charge in [0.1, 0.15) is 0 Å². The van der Waals surface area contributed by atoms with E-state index in [0.29, 0.717) is 33.3 Å². The third-order valence-corrected chi connectivity index (χ3v) is 5.99. The average molecular weight is 410 g/mol. The monoisotopic (exact) mass is 409 g/mol. The number of ether oxygens (including phenoxy) is 2. The number of thioether (sulfide) groups is 1. The van der Waals surface area contributed by atoms with Gasteiger partial charge in [0.15, 0.2) is 17.3 Å². The summed E-state index contributed by atoms with van der Waals surface area (Å²) in [5, 5.41) is 12.1. The summed E-state index contributed by atoms with van der Waals surface area (Å²) in [5.41, 5.74) is 0.476. The molecule has 2 aliphatic rings. The molecule has 1 amide bonds. The second-order valence-electron chi connectivity index (χ2n) is 6.57. The van der Waals surface area contributed by atoms with E-state index in [4.69, 9.17) is 26.9 Å². The van der Waals surface area contributed by atoms with Crippen molar-refractivity contribution in [3.05, 3.63) is 23.0 Å². The SMILES string of the molecule is Nn1c(SCC(=O)Nc2cc3c(cc2Cl)OCO3)nnc1C1CCCCC1. The zero-order chi connectivity index (χ0) is 18.8. The van der Waals surface area contributed by atoms with Gasteiger partial charge in [-0.25, -0.2) is 4.68 Å². The molecule has 0 radical (unpaired) electrons. The van der Waals surface area contributed by atoms with Crippen LogP contribution in [-0.2, 0) is 4.79 Å². The van der Waals surface area contributed by atoms with Crippen molar-refractivity contribution in [3.63, 3.8) is 0 Å². The molecule has 1 aromatic carbocycles. The van der Waals surface area contributed by atoms with Crippen molar-refractivity contribution >= 4 is 35.0 Å². The molecule has 1 fully saturated rings. The molecule has 2 aromatic rings. The Morgan fingerprint density at radius 1 is 1.26 bits per heavy atom. The lowest BCUT2D eigenvalue weighted by Gasteiger charge is -2.20. The molecule has 1 saturated carbocycles. The number of fused-ring (bicyclic) bond motifs is 1. The third-order valence-electron chi connectivity index (χ3n) is 4.73. The molecule has 0 saturated heterocycles. The Bertz CT molecular complexity index is 853. The van der Waals surface area contributed by atoms with Gasteiger partial charge in [0.25, 0.3) is 0 Å². The van der Waals surface area contributed by atoms with Crippen molar-refractivity contribution in [2.24, 2.45) is 0 Å². The number of nitrogen functional groups attached to an aromatic ring is 1. The molecule has 1 aromatic heterocycles. The number of rotatable bonds is 5. The summed E-state index contributed by atoms with van der Waals surface area (Å²) in [5.74, 6) is 8.35. The van der Waals surface area contributed by atoms with Crippen LogP contribution in [0.3, 0.4) is 0 Å². The lowest BCUT2D eigenvalue weighted by Crippen LogP contribution is -2.19. The van der Waals surface area contributed by atoms with Gasteiger partial charge in [-0.15, -0.1) is 10.2 Å². The predicted molar refractivity (Wildman–Crippen MR) is 103 cm³/mol. The second-order valence-corrected chi connectivity index (χ2v) is 7.92. The Morgan fingerprint density at radius 3 is 2.78 bits per heavy atom. The van der Waals surface area contributed by atoms with E-state index in [-0.39, 0.29) is 18.5 Å². The van der Waals surface area contributed by atoms with E-state index < -0.39 is 0 Å². The minimum absolute atomic E-state index is 0.144. The van der Waals surface area contributed by atoms with E-state index in [9.17, 15) is 4.79 Å². The zero-order valence-electron chi connectivity index (χ0n) is 14.6. The van der Waals surface area contributed by atoms with Gasteiger partial charge in [-0.2, -0.15) is 0 Å². The van der Waals surface area contributed by atoms with Crippen LogP contribution in [0.5, 0.6) is 11.5 Å². The summed E-state index contributed by atoms with van der Waals surface area (Å²) in [7, 11) is 0. The summed E-state index contributed by atoms with van der Waals surface area (Å²) in [4.78, 5) is 12.3. The molecule has 10 heteroatoms. The molecule has 3 N–H and O–H groups in total. The number of hydrogen-bond acceptors (Lipinski definition) is 7. The van der Waals surface area contributed by atoms with Crippen LogP contribution in [-0.4, -0.2) is 33.3 Å². The number of benzene rings is 1. The summed E-state index contributed by atoms with van der Waals surface area (Å²) in [6.45, 7) is 0.147. The summed E-state index contributed by atoms with van der Waals surface area (Å²) < 4.78 is 12.1. The minimum Gasteiger partial charge on any atom is -0.454 e. The van der Waals surface area contributed by atoms with E-state index >= 15 is 0 Å². The van der Waals surface area contributed by atoms with Crippen molar-refractivity contribution < 1.29 is 14.3 Å². The van der Waals surface area contributed by atoms with Gasteiger partial charge in [0.2, 0.25) is 17.9 Å². The Morgan fingerprint density at radius 2 is 2.00 bits per heavy atom. The van der Waals surface area contributed by atoms with Crippen LogP contribution >= 0.6 is 23.4 Å². The highest BCUT2D eigenvalue weighted by atomic mass is 35.5. The quantitative estimate of drug-likeness (QED) is 0.577. The summed E-state index contributed by atoms with van der Waals surface area (Å²) in [6.07, 6.45) is 5.82. The van der Waals surface area contributed by atoms with Gasteiger partial charge in [-0.3, -0.25) is 4.79 Å². The molecular formula is C17H20ClN5O3S. The fourth-order valence-electron chi connectivity index (χ4n) is 3.36. The number of nitrogens with zero attached hydrogens (tertiary/aromatic N) is 3. The van der Waals surface area contributed by atoms with Crippen molar-refractivity contribution in [3.8, 4) is 11.5 Å². The molecule has 2 heterocycles. The van der Waals surface area contributed by atoms with E-state index in [1.807, 2.05) is 0 Å². The van der Waals surface area contributed by atoms with Crippen LogP contribution in [0.1, 0.15) is 43.8 Å². The van der Waals surface area contributed by atoms with Crippen LogP contribution in [0, 0.1) is 0 Å². The third kappa shape index (κ3) is 3.93. The molecule has 27 heavy (non-hydrogen) atoms. The van der Waals surface area contributed by atoms with Crippen LogP contribution < -0.4 is 20.6 Å². The Kier molecular flexibility index (Phi) is 5.31. The van der Waals surface area contributed by atoms with E-state index in [1.165, 1.54) is 35.7 Å². The number of halogens is 1. The first-order chi connectivity index (χ1) is 13.1. The summed E-state index contributed by atoms with van der Waals surface area (Å²) >= 11 is 7.42. The number of amides is 1. The molecule has 144 valence electrons. The van der Waals surface area contributed by atoms with E-state index in [2.05, 4.69) is 15.5 Å². The van der Waals surface area contributed by atoms with Crippen molar-refractivity contribution in [1.82, 2.24) is 14.9 Å². The average Bonchev–Trinajstić information content (AvgIpc) is 3.27. The maximum atomic E-state index is 12.3. The van der Waals surface area contributed by atoms with Gasteiger partial charge >= 0.3 is 0 Å². The number of aromatic nitrogens is 3. The maximum Gasteiger partial charge on any atom is 0.234 e. The highest BCUT2D eigenvalue weighted by Gasteiger charge is 2.23. The standard InChI is InChI=1S/C17H20ClN5O3S/c18-11-6-13-14(26-9-25-13)7-12(11)20-15(24)8-27-17-22-21-16(23(17)19)10-4-2-1-3-5-10/h6-7,10H,1-5,8-9,19H2,(H,20,24). The van der Waals surface area contributed by atoms with Gasteiger partial charge in [0, 0.05) is 18.1 Å². The Hall–Kier alpha value is -2.13. The van der Waals surface area contributed by atoms with Crippen LogP contribution in [0.15, 0.2) is 17.3 Å². The van der Waals surface area contributed by atoms with Crippen LogP contribution in [0.4, 0.5) is 5.69 Å². The predicted octanol–water partition coefficient (Wildman–Crippen LogP) is 3.15. The molecule has 8 nitrogen and oxygen atoms in total. The fraction of sp³-hybridized carbons (Fsp3) is 0.471. The fourth-order valence-corrected chi connectivity index (χ4v) is 4.22. The Balaban J connectivity index is 1.36. The second kappa shape index (κ2) is 7.85. The molecule has 0 spiro atoms. The normalized spacial score (nSPS) is 16.5. The molecule has 1 aliphatic carbocycles. The van der Waals surface area contributed by atoms with Gasteiger partial charge in [-0.1, -0.05) is 42.6 Å². The minimum atomic E-state index is -0.219. The highest BCUT2D eigenvalue weighted by molar-refractivity contribution is 7.99. The van der Waals surface area contributed by atoms with Crippen molar-refractivity contribution in [2.45, 2.75) is 43.2 Å². The molecule has 4 rings (SSSR count). The molecule has 0 atom stereocenters. The molecule has 0 unspecified atom stereocenters. The van der Waals surface area contributed by atoms with Crippen LogP contribution in [0.2, 0.25) is 5.02 Å². The largest absolute Gasteiger partial charge is 0.454 e. The first-order valence-corrected chi connectivity index (χ1v) is 10.2.